The minimum Gasteiger partial charge on any atom is -0.350 e. The monoisotopic (exact) mass is 331 g/mol. The van der Waals surface area contributed by atoms with Crippen molar-refractivity contribution in [1.82, 2.24) is 9.47 Å². The Morgan fingerprint density at radius 2 is 1.72 bits per heavy atom. The number of amides is 1. The zero-order chi connectivity index (χ0) is 17.6. The number of benzene rings is 2. The van der Waals surface area contributed by atoms with Gasteiger partial charge in [-0.2, -0.15) is 0 Å². The van der Waals surface area contributed by atoms with Crippen LogP contribution in [0.5, 0.6) is 0 Å². The van der Waals surface area contributed by atoms with Crippen LogP contribution in [0.25, 0.3) is 5.69 Å². The van der Waals surface area contributed by atoms with Gasteiger partial charge in [-0.05, 0) is 42.8 Å². The third-order valence-electron chi connectivity index (χ3n) is 4.88. The van der Waals surface area contributed by atoms with Crippen LogP contribution in [0, 0.1) is 6.92 Å². The lowest BCUT2D eigenvalue weighted by Gasteiger charge is -2.41. The van der Waals surface area contributed by atoms with Gasteiger partial charge in [0.2, 0.25) is 0 Å². The number of hydrogen-bond donors (Lipinski definition) is 0. The average molecular weight is 331 g/mol. The SMILES string of the molecule is Cc1cccc(-n2ccc(C3N(C)C(=O)c4ccccc4N3C)c2)c1. The molecule has 4 rings (SSSR count). The number of nitrogens with zero attached hydrogens (tertiary/aromatic N) is 3. The molecule has 25 heavy (non-hydrogen) atoms. The van der Waals surface area contributed by atoms with E-state index in [4.69, 9.17) is 0 Å². The van der Waals surface area contributed by atoms with Crippen molar-refractivity contribution < 1.29 is 4.79 Å². The Labute approximate surface area is 147 Å². The summed E-state index contributed by atoms with van der Waals surface area (Å²) in [4.78, 5) is 16.7. The van der Waals surface area contributed by atoms with Gasteiger partial charge in [-0.15, -0.1) is 0 Å². The largest absolute Gasteiger partial charge is 0.350 e. The van der Waals surface area contributed by atoms with E-state index in [1.54, 1.807) is 4.90 Å². The molecule has 0 fully saturated rings. The molecule has 0 radical (unpaired) electrons. The van der Waals surface area contributed by atoms with Gasteiger partial charge in [0.25, 0.3) is 5.91 Å². The first-order chi connectivity index (χ1) is 12.1. The number of anilines is 1. The second kappa shape index (κ2) is 5.81. The summed E-state index contributed by atoms with van der Waals surface area (Å²) in [7, 11) is 3.90. The molecule has 1 aromatic heterocycles. The Morgan fingerprint density at radius 3 is 2.52 bits per heavy atom. The summed E-state index contributed by atoms with van der Waals surface area (Å²) in [5.41, 5.74) is 5.16. The summed E-state index contributed by atoms with van der Waals surface area (Å²) in [6.07, 6.45) is 4.04. The summed E-state index contributed by atoms with van der Waals surface area (Å²) < 4.78 is 2.11. The Bertz CT molecular complexity index is 944. The van der Waals surface area contributed by atoms with Crippen LogP contribution in [0.2, 0.25) is 0 Å². The van der Waals surface area contributed by atoms with Gasteiger partial charge in [0.05, 0.1) is 11.3 Å². The molecule has 0 N–H and O–H groups in total. The number of carbonyl (C=O) groups excluding carboxylic acids is 1. The van der Waals surface area contributed by atoms with Gasteiger partial charge in [-0.1, -0.05) is 24.3 Å². The van der Waals surface area contributed by atoms with Crippen molar-refractivity contribution in [2.24, 2.45) is 0 Å². The number of aromatic nitrogens is 1. The van der Waals surface area contributed by atoms with E-state index >= 15 is 0 Å². The molecular weight excluding hydrogens is 310 g/mol. The molecule has 2 heterocycles. The maximum absolute atomic E-state index is 12.8. The number of hydrogen-bond acceptors (Lipinski definition) is 2. The minimum absolute atomic E-state index is 0.0574. The van der Waals surface area contributed by atoms with Gasteiger partial charge in [-0.25, -0.2) is 0 Å². The third-order valence-corrected chi connectivity index (χ3v) is 4.88. The first kappa shape index (κ1) is 15.5. The molecule has 0 bridgehead atoms. The first-order valence-corrected chi connectivity index (χ1v) is 8.40. The maximum atomic E-state index is 12.8. The van der Waals surface area contributed by atoms with Crippen molar-refractivity contribution in [3.8, 4) is 5.69 Å². The molecule has 0 spiro atoms. The maximum Gasteiger partial charge on any atom is 0.257 e. The van der Waals surface area contributed by atoms with Gasteiger partial charge in [0.15, 0.2) is 0 Å². The van der Waals surface area contributed by atoms with Crippen LogP contribution < -0.4 is 4.90 Å². The predicted molar refractivity (Wildman–Crippen MR) is 100 cm³/mol. The lowest BCUT2D eigenvalue weighted by atomic mass is 10.0. The highest BCUT2D eigenvalue weighted by molar-refractivity contribution is 6.01. The summed E-state index contributed by atoms with van der Waals surface area (Å²) in [5, 5.41) is 0. The van der Waals surface area contributed by atoms with Crippen LogP contribution in [-0.2, 0) is 0 Å². The number of rotatable bonds is 2. The molecule has 0 saturated heterocycles. The molecule has 1 unspecified atom stereocenters. The van der Waals surface area contributed by atoms with E-state index in [9.17, 15) is 4.79 Å². The number of para-hydroxylation sites is 1. The minimum atomic E-state index is -0.117. The molecule has 1 amide bonds. The lowest BCUT2D eigenvalue weighted by Crippen LogP contribution is -2.45. The van der Waals surface area contributed by atoms with Crippen LogP contribution in [0.4, 0.5) is 5.69 Å². The van der Waals surface area contributed by atoms with Gasteiger partial charge in [0.1, 0.15) is 6.17 Å². The van der Waals surface area contributed by atoms with E-state index in [1.165, 1.54) is 5.56 Å². The topological polar surface area (TPSA) is 28.5 Å². The fraction of sp³-hybridized carbons (Fsp3) is 0.190. The number of fused-ring (bicyclic) bond motifs is 1. The predicted octanol–water partition coefficient (Wildman–Crippen LogP) is 4.01. The van der Waals surface area contributed by atoms with Crippen LogP contribution in [0.1, 0.15) is 27.7 Å². The molecule has 0 saturated carbocycles. The molecule has 1 aliphatic heterocycles. The van der Waals surface area contributed by atoms with E-state index in [-0.39, 0.29) is 12.1 Å². The van der Waals surface area contributed by atoms with E-state index in [0.29, 0.717) is 0 Å². The second-order valence-corrected chi connectivity index (χ2v) is 6.61. The number of carbonyl (C=O) groups is 1. The van der Waals surface area contributed by atoms with E-state index in [2.05, 4.69) is 59.1 Å². The fourth-order valence-corrected chi connectivity index (χ4v) is 3.62. The summed E-state index contributed by atoms with van der Waals surface area (Å²) in [6, 6.07) is 18.2. The standard InChI is InChI=1S/C21H21N3O/c1-15-7-6-8-17(13-15)24-12-11-16(14-24)20-22(2)19-10-5-4-9-18(19)21(25)23(20)3/h4-14,20H,1-3H3. The lowest BCUT2D eigenvalue weighted by molar-refractivity contribution is 0.0711. The van der Waals surface area contributed by atoms with Crippen LogP contribution in [0.15, 0.2) is 67.0 Å². The van der Waals surface area contributed by atoms with Crippen molar-refractivity contribution in [1.29, 1.82) is 0 Å². The molecular formula is C21H21N3O. The summed E-state index contributed by atoms with van der Waals surface area (Å²) in [5.74, 6) is 0.0574. The molecule has 0 aliphatic carbocycles. The highest BCUT2D eigenvalue weighted by Crippen LogP contribution is 2.36. The molecule has 126 valence electrons. The zero-order valence-corrected chi connectivity index (χ0v) is 14.7. The molecule has 1 atom stereocenters. The Hall–Kier alpha value is -3.01. The Kier molecular flexibility index (Phi) is 3.61. The van der Waals surface area contributed by atoms with Gasteiger partial charge >= 0.3 is 0 Å². The zero-order valence-electron chi connectivity index (χ0n) is 14.7. The van der Waals surface area contributed by atoms with Crippen LogP contribution in [0.3, 0.4) is 0 Å². The molecule has 3 aromatic rings. The quantitative estimate of drug-likeness (QED) is 0.710. The van der Waals surface area contributed by atoms with Crippen molar-refractivity contribution in [3.63, 3.8) is 0 Å². The normalized spacial score (nSPS) is 16.9. The van der Waals surface area contributed by atoms with E-state index < -0.39 is 0 Å². The van der Waals surface area contributed by atoms with Crippen LogP contribution >= 0.6 is 0 Å². The molecule has 4 nitrogen and oxygen atoms in total. The average Bonchev–Trinajstić information content (AvgIpc) is 3.10. The van der Waals surface area contributed by atoms with Crippen molar-refractivity contribution in [2.75, 3.05) is 19.0 Å². The van der Waals surface area contributed by atoms with Gasteiger partial charge < -0.3 is 14.4 Å². The molecule has 2 aromatic carbocycles. The van der Waals surface area contributed by atoms with Gasteiger partial charge in [0, 0.05) is 37.7 Å². The van der Waals surface area contributed by atoms with Crippen molar-refractivity contribution in [2.45, 2.75) is 13.1 Å². The van der Waals surface area contributed by atoms with Crippen molar-refractivity contribution >= 4 is 11.6 Å². The third kappa shape index (κ3) is 2.50. The van der Waals surface area contributed by atoms with Gasteiger partial charge in [-0.3, -0.25) is 4.79 Å². The molecule has 4 heteroatoms. The number of aryl methyl sites for hydroxylation is 1. The highest BCUT2D eigenvalue weighted by atomic mass is 16.2. The van der Waals surface area contributed by atoms with Crippen molar-refractivity contribution in [3.05, 3.63) is 83.7 Å². The smallest absolute Gasteiger partial charge is 0.257 e. The van der Waals surface area contributed by atoms with E-state index in [1.807, 2.05) is 38.4 Å². The summed E-state index contributed by atoms with van der Waals surface area (Å²) in [6.45, 7) is 2.09. The Morgan fingerprint density at radius 1 is 0.920 bits per heavy atom. The van der Waals surface area contributed by atoms with Crippen LogP contribution in [-0.4, -0.2) is 29.5 Å². The van der Waals surface area contributed by atoms with E-state index in [0.717, 1.165) is 22.5 Å². The highest BCUT2D eigenvalue weighted by Gasteiger charge is 2.34. The summed E-state index contributed by atoms with van der Waals surface area (Å²) >= 11 is 0. The first-order valence-electron chi connectivity index (χ1n) is 8.40. The second-order valence-electron chi connectivity index (χ2n) is 6.61. The fourth-order valence-electron chi connectivity index (χ4n) is 3.62. The molecule has 1 aliphatic rings. The Balaban J connectivity index is 1.74.